The summed E-state index contributed by atoms with van der Waals surface area (Å²) in [6.07, 6.45) is 1.61. The molecule has 0 unspecified atom stereocenters. The van der Waals surface area contributed by atoms with Crippen molar-refractivity contribution in [1.29, 1.82) is 0 Å². The molecule has 0 radical (unpaired) electrons. The molecule has 0 spiro atoms. The lowest BCUT2D eigenvalue weighted by Gasteiger charge is -2.30. The van der Waals surface area contributed by atoms with Crippen molar-refractivity contribution in [3.63, 3.8) is 0 Å². The highest BCUT2D eigenvalue weighted by Crippen LogP contribution is 2.24. The second-order valence-electron chi connectivity index (χ2n) is 7.43. The highest BCUT2D eigenvalue weighted by Gasteiger charge is 2.26. The van der Waals surface area contributed by atoms with Crippen molar-refractivity contribution < 1.29 is 9.53 Å². The van der Waals surface area contributed by atoms with Crippen LogP contribution in [-0.4, -0.2) is 44.9 Å². The largest absolute Gasteiger partial charge is 0.466 e. The summed E-state index contributed by atoms with van der Waals surface area (Å²) in [6, 6.07) is 20.2. The first kappa shape index (κ1) is 20.5. The molecular formula is C23H26N4O2S. The molecule has 156 valence electrons. The van der Waals surface area contributed by atoms with Gasteiger partial charge in [-0.1, -0.05) is 48.5 Å². The summed E-state index contributed by atoms with van der Waals surface area (Å²) in [5.41, 5.74) is 2.01. The summed E-state index contributed by atoms with van der Waals surface area (Å²) >= 11 is 5.83. The highest BCUT2D eigenvalue weighted by molar-refractivity contribution is 7.71. The Balaban J connectivity index is 1.59. The van der Waals surface area contributed by atoms with Crippen LogP contribution in [0, 0.1) is 10.7 Å². The standard InChI is InChI=1S/C23H26N4O2S/c1-2-29-22(28)19-13-15-25(16-14-19)17-26-23(30)27(20-11-7-4-8-12-20)21(24-26)18-9-5-3-6-10-18/h3-12,19H,2,13-17H2,1H3. The van der Waals surface area contributed by atoms with E-state index in [2.05, 4.69) is 4.90 Å². The Morgan fingerprint density at radius 2 is 1.70 bits per heavy atom. The van der Waals surface area contributed by atoms with Crippen LogP contribution in [0.3, 0.4) is 0 Å². The SMILES string of the molecule is CCOC(=O)C1CCN(Cn2nc(-c3ccccc3)n(-c3ccccc3)c2=S)CC1. The fourth-order valence-corrected chi connectivity index (χ4v) is 4.13. The highest BCUT2D eigenvalue weighted by atomic mass is 32.1. The Morgan fingerprint density at radius 3 is 2.33 bits per heavy atom. The second kappa shape index (κ2) is 9.36. The zero-order chi connectivity index (χ0) is 20.9. The number of rotatable bonds is 6. The topological polar surface area (TPSA) is 52.3 Å². The van der Waals surface area contributed by atoms with Gasteiger partial charge in [0, 0.05) is 24.3 Å². The molecule has 6 nitrogen and oxygen atoms in total. The summed E-state index contributed by atoms with van der Waals surface area (Å²) in [6.45, 7) is 4.54. The minimum absolute atomic E-state index is 0.00377. The minimum Gasteiger partial charge on any atom is -0.466 e. The fourth-order valence-electron chi connectivity index (χ4n) is 3.84. The molecular weight excluding hydrogens is 396 g/mol. The number of ether oxygens (including phenoxy) is 1. The summed E-state index contributed by atoms with van der Waals surface area (Å²) in [4.78, 5) is 14.3. The lowest BCUT2D eigenvalue weighted by atomic mass is 9.97. The smallest absolute Gasteiger partial charge is 0.309 e. The van der Waals surface area contributed by atoms with Crippen molar-refractivity contribution in [3.8, 4) is 17.1 Å². The number of carbonyl (C=O) groups is 1. The van der Waals surface area contributed by atoms with E-state index < -0.39 is 0 Å². The maximum Gasteiger partial charge on any atom is 0.309 e. The Labute approximate surface area is 181 Å². The van der Waals surface area contributed by atoms with E-state index in [0.717, 1.165) is 43.0 Å². The van der Waals surface area contributed by atoms with Crippen LogP contribution in [-0.2, 0) is 16.2 Å². The molecule has 0 amide bonds. The van der Waals surface area contributed by atoms with Gasteiger partial charge < -0.3 is 4.74 Å². The molecule has 7 heteroatoms. The molecule has 0 atom stereocenters. The monoisotopic (exact) mass is 422 g/mol. The third kappa shape index (κ3) is 4.37. The molecule has 2 aromatic carbocycles. The van der Waals surface area contributed by atoms with Crippen molar-refractivity contribution in [2.45, 2.75) is 26.4 Å². The van der Waals surface area contributed by atoms with Gasteiger partial charge in [-0.3, -0.25) is 14.3 Å². The maximum atomic E-state index is 12.0. The lowest BCUT2D eigenvalue weighted by Crippen LogP contribution is -2.38. The van der Waals surface area contributed by atoms with E-state index in [4.69, 9.17) is 22.1 Å². The number of likely N-dealkylation sites (tertiary alicyclic amines) is 1. The first-order valence-corrected chi connectivity index (χ1v) is 10.8. The van der Waals surface area contributed by atoms with Gasteiger partial charge >= 0.3 is 5.97 Å². The van der Waals surface area contributed by atoms with Crippen LogP contribution in [0.25, 0.3) is 17.1 Å². The van der Waals surface area contributed by atoms with Crippen LogP contribution >= 0.6 is 12.2 Å². The predicted molar refractivity (Wildman–Crippen MR) is 119 cm³/mol. The molecule has 0 aliphatic carbocycles. The quantitative estimate of drug-likeness (QED) is 0.438. The lowest BCUT2D eigenvalue weighted by molar-refractivity contribution is -0.149. The number of hydrogen-bond acceptors (Lipinski definition) is 5. The van der Waals surface area contributed by atoms with Crippen molar-refractivity contribution >= 4 is 18.2 Å². The number of carbonyl (C=O) groups excluding carboxylic acids is 1. The van der Waals surface area contributed by atoms with Crippen molar-refractivity contribution in [3.05, 3.63) is 65.4 Å². The van der Waals surface area contributed by atoms with Crippen LogP contribution in [0.4, 0.5) is 0 Å². The third-order valence-electron chi connectivity index (χ3n) is 5.43. The number of piperidine rings is 1. The zero-order valence-corrected chi connectivity index (χ0v) is 17.9. The molecule has 0 saturated carbocycles. The summed E-state index contributed by atoms with van der Waals surface area (Å²) in [5.74, 6) is 0.748. The van der Waals surface area contributed by atoms with E-state index >= 15 is 0 Å². The first-order valence-electron chi connectivity index (χ1n) is 10.4. The number of benzene rings is 2. The van der Waals surface area contributed by atoms with Crippen LogP contribution in [0.1, 0.15) is 19.8 Å². The molecule has 30 heavy (non-hydrogen) atoms. The number of nitrogens with zero attached hydrogens (tertiary/aromatic N) is 4. The molecule has 1 aromatic heterocycles. The van der Waals surface area contributed by atoms with Crippen LogP contribution in [0.2, 0.25) is 0 Å². The Bertz CT molecular complexity index is 1040. The molecule has 1 fully saturated rings. The molecule has 1 saturated heterocycles. The van der Waals surface area contributed by atoms with Crippen molar-refractivity contribution in [2.24, 2.45) is 5.92 Å². The van der Waals surface area contributed by atoms with E-state index in [9.17, 15) is 4.79 Å². The minimum atomic E-state index is -0.0755. The van der Waals surface area contributed by atoms with Crippen molar-refractivity contribution in [1.82, 2.24) is 19.2 Å². The van der Waals surface area contributed by atoms with E-state index in [0.29, 0.717) is 18.0 Å². The average molecular weight is 423 g/mol. The third-order valence-corrected chi connectivity index (χ3v) is 5.82. The van der Waals surface area contributed by atoms with Gasteiger partial charge in [0.2, 0.25) is 4.77 Å². The van der Waals surface area contributed by atoms with Crippen molar-refractivity contribution in [2.75, 3.05) is 19.7 Å². The van der Waals surface area contributed by atoms with Gasteiger partial charge in [-0.25, -0.2) is 4.68 Å². The molecule has 0 bridgehead atoms. The van der Waals surface area contributed by atoms with Gasteiger partial charge in [0.15, 0.2) is 5.82 Å². The second-order valence-corrected chi connectivity index (χ2v) is 7.79. The van der Waals surface area contributed by atoms with Gasteiger partial charge in [-0.05, 0) is 44.1 Å². The van der Waals surface area contributed by atoms with E-state index in [1.165, 1.54) is 0 Å². The number of esters is 1. The number of hydrogen-bond donors (Lipinski definition) is 0. The predicted octanol–water partition coefficient (Wildman–Crippen LogP) is 4.30. The maximum absolute atomic E-state index is 12.0. The van der Waals surface area contributed by atoms with Gasteiger partial charge in [0.05, 0.1) is 19.2 Å². The van der Waals surface area contributed by atoms with E-state index in [1.54, 1.807) is 0 Å². The summed E-state index contributed by atoms with van der Waals surface area (Å²) < 4.78 is 9.74. The number of para-hydroxylation sites is 1. The molecule has 1 aliphatic heterocycles. The van der Waals surface area contributed by atoms with Crippen LogP contribution in [0.5, 0.6) is 0 Å². The molecule has 3 aromatic rings. The average Bonchev–Trinajstić information content (AvgIpc) is 3.11. The molecule has 4 rings (SSSR count). The van der Waals surface area contributed by atoms with E-state index in [-0.39, 0.29) is 11.9 Å². The summed E-state index contributed by atoms with van der Waals surface area (Å²) in [7, 11) is 0. The van der Waals surface area contributed by atoms with Gasteiger partial charge in [-0.2, -0.15) is 0 Å². The molecule has 1 aliphatic rings. The van der Waals surface area contributed by atoms with Gasteiger partial charge in [0.1, 0.15) is 0 Å². The molecule has 0 N–H and O–H groups in total. The fraction of sp³-hybridized carbons (Fsp3) is 0.348. The van der Waals surface area contributed by atoms with Crippen LogP contribution in [0.15, 0.2) is 60.7 Å². The molecule has 2 heterocycles. The number of aromatic nitrogens is 3. The van der Waals surface area contributed by atoms with Crippen LogP contribution < -0.4 is 0 Å². The normalized spacial score (nSPS) is 15.2. The Morgan fingerprint density at radius 1 is 1.07 bits per heavy atom. The Hall–Kier alpha value is -2.77. The summed E-state index contributed by atoms with van der Waals surface area (Å²) in [5, 5.41) is 4.88. The first-order chi connectivity index (χ1) is 14.7. The van der Waals surface area contributed by atoms with Gasteiger partial charge in [0.25, 0.3) is 0 Å². The van der Waals surface area contributed by atoms with E-state index in [1.807, 2.05) is 76.8 Å². The Kier molecular flexibility index (Phi) is 6.40. The van der Waals surface area contributed by atoms with Gasteiger partial charge in [-0.15, -0.1) is 5.10 Å². The zero-order valence-electron chi connectivity index (χ0n) is 17.1.